The van der Waals surface area contributed by atoms with Gasteiger partial charge in [0.15, 0.2) is 0 Å². The van der Waals surface area contributed by atoms with Crippen LogP contribution in [0.15, 0.2) is 0 Å². The minimum atomic E-state index is -0.161. The third kappa shape index (κ3) is 5.07. The van der Waals surface area contributed by atoms with Crippen LogP contribution in [0.5, 0.6) is 0 Å². The van der Waals surface area contributed by atoms with Gasteiger partial charge < -0.3 is 0 Å². The molecule has 0 aromatic carbocycles. The molecule has 1 atom stereocenters. The van der Waals surface area contributed by atoms with Crippen molar-refractivity contribution in [3.05, 3.63) is 0 Å². The van der Waals surface area contributed by atoms with Crippen LogP contribution in [0.4, 0.5) is 0 Å². The molecule has 0 bridgehead atoms. The minimum absolute atomic E-state index is 0.161. The largest absolute Gasteiger partial charge is 0.299 e. The van der Waals surface area contributed by atoms with Gasteiger partial charge in [-0.05, 0) is 6.42 Å². The van der Waals surface area contributed by atoms with Crippen molar-refractivity contribution >= 4 is 5.78 Å². The van der Waals surface area contributed by atoms with Crippen LogP contribution >= 0.6 is 0 Å². The lowest BCUT2D eigenvalue weighted by atomic mass is 9.82. The summed E-state index contributed by atoms with van der Waals surface area (Å²) in [6, 6.07) is 0. The zero-order valence-corrected chi connectivity index (χ0v) is 9.81. The van der Waals surface area contributed by atoms with Gasteiger partial charge in [-0.3, -0.25) is 4.79 Å². The third-order valence-electron chi connectivity index (χ3n) is 2.43. The van der Waals surface area contributed by atoms with Crippen molar-refractivity contribution in [3.63, 3.8) is 0 Å². The Bertz CT molecular complexity index is 153. The van der Waals surface area contributed by atoms with E-state index in [-0.39, 0.29) is 11.3 Å². The third-order valence-corrected chi connectivity index (χ3v) is 2.43. The summed E-state index contributed by atoms with van der Waals surface area (Å²) in [7, 11) is 0. The molecule has 1 unspecified atom stereocenters. The molecule has 13 heavy (non-hydrogen) atoms. The second-order valence-corrected chi connectivity index (χ2v) is 5.01. The molecule has 0 saturated carbocycles. The molecular weight excluding hydrogens is 160 g/mol. The van der Waals surface area contributed by atoms with Crippen LogP contribution in [0.1, 0.15) is 60.3 Å². The molecule has 1 nitrogen and oxygen atoms in total. The normalized spacial score (nSPS) is 14.2. The summed E-state index contributed by atoms with van der Waals surface area (Å²) >= 11 is 0. The van der Waals surface area contributed by atoms with E-state index in [0.29, 0.717) is 5.78 Å². The molecule has 0 rings (SSSR count). The molecule has 0 fully saturated rings. The van der Waals surface area contributed by atoms with E-state index in [9.17, 15) is 4.79 Å². The van der Waals surface area contributed by atoms with Gasteiger partial charge in [0, 0.05) is 11.3 Å². The molecule has 0 aliphatic rings. The maximum atomic E-state index is 11.8. The van der Waals surface area contributed by atoms with Crippen LogP contribution < -0.4 is 0 Å². The number of carbonyl (C=O) groups excluding carboxylic acids is 1. The Kier molecular flexibility index (Phi) is 5.27. The smallest absolute Gasteiger partial charge is 0.140 e. The van der Waals surface area contributed by atoms with Crippen molar-refractivity contribution in [2.75, 3.05) is 0 Å². The number of ketones is 1. The highest BCUT2D eigenvalue weighted by Crippen LogP contribution is 2.23. The number of hydrogen-bond acceptors (Lipinski definition) is 1. The second-order valence-electron chi connectivity index (χ2n) is 5.01. The molecule has 0 aliphatic carbocycles. The average molecular weight is 184 g/mol. The highest BCUT2D eigenvalue weighted by atomic mass is 16.1. The topological polar surface area (TPSA) is 17.1 Å². The first-order valence-corrected chi connectivity index (χ1v) is 5.44. The van der Waals surface area contributed by atoms with Crippen molar-refractivity contribution in [1.82, 2.24) is 0 Å². The van der Waals surface area contributed by atoms with Crippen molar-refractivity contribution < 1.29 is 4.79 Å². The number of carbonyl (C=O) groups is 1. The van der Waals surface area contributed by atoms with Gasteiger partial charge in [0.05, 0.1) is 0 Å². The Hall–Kier alpha value is -0.330. The van der Waals surface area contributed by atoms with Crippen LogP contribution in [-0.2, 0) is 4.79 Å². The van der Waals surface area contributed by atoms with Gasteiger partial charge in [0.25, 0.3) is 0 Å². The Morgan fingerprint density at radius 3 is 2.15 bits per heavy atom. The molecule has 0 radical (unpaired) electrons. The van der Waals surface area contributed by atoms with Gasteiger partial charge in [-0.2, -0.15) is 0 Å². The van der Waals surface area contributed by atoms with Crippen molar-refractivity contribution in [2.24, 2.45) is 11.3 Å². The quantitative estimate of drug-likeness (QED) is 0.594. The summed E-state index contributed by atoms with van der Waals surface area (Å²) in [5.74, 6) is 0.648. The molecule has 0 spiro atoms. The molecule has 0 amide bonds. The molecule has 0 N–H and O–H groups in total. The van der Waals surface area contributed by atoms with Crippen LogP contribution in [0.25, 0.3) is 0 Å². The van der Waals surface area contributed by atoms with Crippen LogP contribution in [0.2, 0.25) is 0 Å². The number of Topliss-reactive ketones (excluding diaryl/α,β-unsaturated/α-hetero) is 1. The summed E-state index contributed by atoms with van der Waals surface area (Å²) in [4.78, 5) is 11.8. The zero-order valence-electron chi connectivity index (χ0n) is 9.81. The average Bonchev–Trinajstić information content (AvgIpc) is 2.01. The Morgan fingerprint density at radius 1 is 1.23 bits per heavy atom. The van der Waals surface area contributed by atoms with E-state index in [1.165, 1.54) is 19.3 Å². The maximum absolute atomic E-state index is 11.8. The minimum Gasteiger partial charge on any atom is -0.299 e. The van der Waals surface area contributed by atoms with Gasteiger partial charge in [-0.1, -0.05) is 53.9 Å². The fourth-order valence-electron chi connectivity index (χ4n) is 1.57. The van der Waals surface area contributed by atoms with Crippen LogP contribution in [0.3, 0.4) is 0 Å². The highest BCUT2D eigenvalue weighted by molar-refractivity contribution is 5.85. The second kappa shape index (κ2) is 5.41. The van der Waals surface area contributed by atoms with E-state index >= 15 is 0 Å². The van der Waals surface area contributed by atoms with E-state index in [0.717, 1.165) is 6.42 Å². The van der Waals surface area contributed by atoms with Crippen molar-refractivity contribution in [2.45, 2.75) is 60.3 Å². The Balaban J connectivity index is 3.84. The Morgan fingerprint density at radius 2 is 1.77 bits per heavy atom. The fraction of sp³-hybridized carbons (Fsp3) is 0.917. The van der Waals surface area contributed by atoms with Crippen LogP contribution in [-0.4, -0.2) is 5.78 Å². The van der Waals surface area contributed by atoms with E-state index < -0.39 is 0 Å². The maximum Gasteiger partial charge on any atom is 0.140 e. The first-order valence-electron chi connectivity index (χ1n) is 5.44. The molecule has 0 saturated heterocycles. The zero-order chi connectivity index (χ0) is 10.5. The molecule has 78 valence electrons. The van der Waals surface area contributed by atoms with E-state index in [2.05, 4.69) is 13.8 Å². The summed E-state index contributed by atoms with van der Waals surface area (Å²) in [6.07, 6.45) is 4.74. The molecular formula is C12H24O. The van der Waals surface area contributed by atoms with Crippen LogP contribution in [0, 0.1) is 11.3 Å². The van der Waals surface area contributed by atoms with E-state index in [4.69, 9.17) is 0 Å². The first-order chi connectivity index (χ1) is 5.89. The predicted octanol–water partition coefficient (Wildman–Crippen LogP) is 3.82. The monoisotopic (exact) mass is 184 g/mol. The standard InChI is InChI=1S/C12H24O/c1-6-7-8-9-10(2)11(13)12(3,4)5/h10H,6-9H2,1-5H3. The number of rotatable bonds is 5. The summed E-state index contributed by atoms with van der Waals surface area (Å²) in [5.41, 5.74) is -0.161. The lowest BCUT2D eigenvalue weighted by Crippen LogP contribution is -2.26. The van der Waals surface area contributed by atoms with Crippen molar-refractivity contribution in [3.8, 4) is 0 Å². The predicted molar refractivity (Wildman–Crippen MR) is 57.8 cm³/mol. The summed E-state index contributed by atoms with van der Waals surface area (Å²) < 4.78 is 0. The molecule has 1 heteroatoms. The van der Waals surface area contributed by atoms with Crippen molar-refractivity contribution in [1.29, 1.82) is 0 Å². The number of hydrogen-bond donors (Lipinski definition) is 0. The van der Waals surface area contributed by atoms with Gasteiger partial charge in [0.2, 0.25) is 0 Å². The number of unbranched alkanes of at least 4 members (excludes halogenated alkanes) is 2. The molecule has 0 heterocycles. The van der Waals surface area contributed by atoms with E-state index in [1.807, 2.05) is 20.8 Å². The van der Waals surface area contributed by atoms with Gasteiger partial charge in [-0.25, -0.2) is 0 Å². The molecule has 0 aromatic heterocycles. The van der Waals surface area contributed by atoms with Gasteiger partial charge >= 0.3 is 0 Å². The van der Waals surface area contributed by atoms with Gasteiger partial charge in [-0.15, -0.1) is 0 Å². The SMILES string of the molecule is CCCCCC(C)C(=O)C(C)(C)C. The summed E-state index contributed by atoms with van der Waals surface area (Å²) in [6.45, 7) is 10.3. The summed E-state index contributed by atoms with van der Waals surface area (Å²) in [5, 5.41) is 0. The highest BCUT2D eigenvalue weighted by Gasteiger charge is 2.25. The molecule has 0 aliphatic heterocycles. The Labute approximate surface area is 82.9 Å². The molecule has 0 aromatic rings. The lowest BCUT2D eigenvalue weighted by Gasteiger charge is -2.21. The van der Waals surface area contributed by atoms with Gasteiger partial charge in [0.1, 0.15) is 5.78 Å². The lowest BCUT2D eigenvalue weighted by molar-refractivity contribution is -0.130. The fourth-order valence-corrected chi connectivity index (χ4v) is 1.57. The first kappa shape index (κ1) is 12.7. The van der Waals surface area contributed by atoms with E-state index in [1.54, 1.807) is 0 Å².